The van der Waals surface area contributed by atoms with Crippen molar-refractivity contribution in [3.8, 4) is 0 Å². The van der Waals surface area contributed by atoms with Gasteiger partial charge in [-0.1, -0.05) is 0 Å². The Hall–Kier alpha value is -1.89. The van der Waals surface area contributed by atoms with Gasteiger partial charge in [0.15, 0.2) is 9.84 Å². The Labute approximate surface area is 112 Å². The van der Waals surface area contributed by atoms with Gasteiger partial charge in [0.2, 0.25) is 0 Å². The molecule has 19 heavy (non-hydrogen) atoms. The van der Waals surface area contributed by atoms with E-state index in [0.29, 0.717) is 11.5 Å². The first-order valence-electron chi connectivity index (χ1n) is 5.84. The highest BCUT2D eigenvalue weighted by atomic mass is 32.2. The van der Waals surface area contributed by atoms with Gasteiger partial charge in [-0.05, 0) is 26.0 Å². The SMILES string of the molecule is CC(C)n1cc(Nc2ncccc2S(C)(=O)=O)cn1. The first kappa shape index (κ1) is 13.5. The third-order valence-electron chi connectivity index (χ3n) is 2.56. The van der Waals surface area contributed by atoms with Gasteiger partial charge in [-0.15, -0.1) is 0 Å². The molecule has 0 saturated carbocycles. The van der Waals surface area contributed by atoms with Gasteiger partial charge in [-0.2, -0.15) is 5.10 Å². The van der Waals surface area contributed by atoms with Crippen molar-refractivity contribution in [3.05, 3.63) is 30.7 Å². The van der Waals surface area contributed by atoms with Crippen LogP contribution in [-0.4, -0.2) is 29.4 Å². The number of hydrogen-bond acceptors (Lipinski definition) is 5. The van der Waals surface area contributed by atoms with Crippen LogP contribution in [0.1, 0.15) is 19.9 Å². The summed E-state index contributed by atoms with van der Waals surface area (Å²) < 4.78 is 25.1. The molecular weight excluding hydrogens is 264 g/mol. The summed E-state index contributed by atoms with van der Waals surface area (Å²) in [4.78, 5) is 4.24. The molecule has 1 N–H and O–H groups in total. The molecule has 2 aromatic rings. The highest BCUT2D eigenvalue weighted by Gasteiger charge is 2.14. The molecule has 0 amide bonds. The molecule has 0 aromatic carbocycles. The highest BCUT2D eigenvalue weighted by molar-refractivity contribution is 7.90. The van der Waals surface area contributed by atoms with Gasteiger partial charge in [0, 0.05) is 24.7 Å². The van der Waals surface area contributed by atoms with E-state index in [4.69, 9.17) is 0 Å². The number of nitrogens with zero attached hydrogens (tertiary/aromatic N) is 3. The maximum atomic E-state index is 11.7. The summed E-state index contributed by atoms with van der Waals surface area (Å²) in [7, 11) is -3.32. The second-order valence-corrected chi connectivity index (χ2v) is 6.53. The van der Waals surface area contributed by atoms with Crippen molar-refractivity contribution < 1.29 is 8.42 Å². The minimum atomic E-state index is -3.32. The molecule has 0 saturated heterocycles. The molecule has 0 aliphatic rings. The normalized spacial score (nSPS) is 11.8. The van der Waals surface area contributed by atoms with E-state index in [1.165, 1.54) is 6.07 Å². The molecule has 0 aliphatic carbocycles. The zero-order valence-corrected chi connectivity index (χ0v) is 11.8. The van der Waals surface area contributed by atoms with E-state index < -0.39 is 9.84 Å². The summed E-state index contributed by atoms with van der Waals surface area (Å²) >= 11 is 0. The summed E-state index contributed by atoms with van der Waals surface area (Å²) in [6.07, 6.45) is 6.16. The van der Waals surface area contributed by atoms with Crippen molar-refractivity contribution in [1.29, 1.82) is 0 Å². The molecule has 7 heteroatoms. The summed E-state index contributed by atoms with van der Waals surface area (Å²) in [5.74, 6) is 0.313. The van der Waals surface area contributed by atoms with Crippen LogP contribution in [0.3, 0.4) is 0 Å². The van der Waals surface area contributed by atoms with Crippen LogP contribution in [0, 0.1) is 0 Å². The van der Waals surface area contributed by atoms with Crippen LogP contribution < -0.4 is 5.32 Å². The molecule has 0 unspecified atom stereocenters. The number of rotatable bonds is 4. The van der Waals surface area contributed by atoms with Crippen LogP contribution in [0.25, 0.3) is 0 Å². The molecule has 0 radical (unpaired) electrons. The second-order valence-electron chi connectivity index (χ2n) is 4.55. The summed E-state index contributed by atoms with van der Waals surface area (Å²) in [6.45, 7) is 4.03. The fourth-order valence-corrected chi connectivity index (χ4v) is 2.39. The Morgan fingerprint density at radius 3 is 2.68 bits per heavy atom. The Morgan fingerprint density at radius 2 is 2.11 bits per heavy atom. The molecule has 0 spiro atoms. The van der Waals surface area contributed by atoms with Gasteiger partial charge in [0.25, 0.3) is 0 Å². The first-order valence-corrected chi connectivity index (χ1v) is 7.73. The fourth-order valence-electron chi connectivity index (χ4n) is 1.61. The van der Waals surface area contributed by atoms with Gasteiger partial charge < -0.3 is 5.32 Å². The van der Waals surface area contributed by atoms with Gasteiger partial charge in [0.05, 0.1) is 11.9 Å². The van der Waals surface area contributed by atoms with Crippen molar-refractivity contribution in [2.24, 2.45) is 0 Å². The average Bonchev–Trinajstić information content (AvgIpc) is 2.77. The molecule has 0 atom stereocenters. The number of hydrogen-bond donors (Lipinski definition) is 1. The van der Waals surface area contributed by atoms with E-state index >= 15 is 0 Å². The molecule has 0 bridgehead atoms. The van der Waals surface area contributed by atoms with Crippen LogP contribution in [0.2, 0.25) is 0 Å². The van der Waals surface area contributed by atoms with Crippen LogP contribution in [0.5, 0.6) is 0 Å². The van der Waals surface area contributed by atoms with Crippen molar-refractivity contribution in [2.45, 2.75) is 24.8 Å². The smallest absolute Gasteiger partial charge is 0.179 e. The third kappa shape index (κ3) is 3.11. The van der Waals surface area contributed by atoms with Crippen LogP contribution >= 0.6 is 0 Å². The summed E-state index contributed by atoms with van der Waals surface area (Å²) in [5, 5.41) is 7.16. The lowest BCUT2D eigenvalue weighted by atomic mass is 10.4. The average molecular weight is 280 g/mol. The fraction of sp³-hybridized carbons (Fsp3) is 0.333. The Kier molecular flexibility index (Phi) is 3.57. The van der Waals surface area contributed by atoms with E-state index in [1.807, 2.05) is 20.0 Å². The maximum Gasteiger partial charge on any atom is 0.179 e. The zero-order chi connectivity index (χ0) is 14.0. The number of aromatic nitrogens is 3. The lowest BCUT2D eigenvalue weighted by Gasteiger charge is -2.07. The summed E-state index contributed by atoms with van der Waals surface area (Å²) in [5.41, 5.74) is 0.706. The van der Waals surface area contributed by atoms with E-state index in [0.717, 1.165) is 6.26 Å². The van der Waals surface area contributed by atoms with Gasteiger partial charge >= 0.3 is 0 Å². The predicted octanol–water partition coefficient (Wildman–Crippen LogP) is 2.01. The van der Waals surface area contributed by atoms with Gasteiger partial charge in [0.1, 0.15) is 10.7 Å². The molecular formula is C12H16N4O2S. The van der Waals surface area contributed by atoms with Gasteiger partial charge in [-0.25, -0.2) is 13.4 Å². The summed E-state index contributed by atoms with van der Waals surface area (Å²) in [6, 6.07) is 3.37. The van der Waals surface area contributed by atoms with Crippen molar-refractivity contribution in [1.82, 2.24) is 14.8 Å². The van der Waals surface area contributed by atoms with Crippen LogP contribution in [-0.2, 0) is 9.84 Å². The highest BCUT2D eigenvalue weighted by Crippen LogP contribution is 2.22. The van der Waals surface area contributed by atoms with Crippen LogP contribution in [0.4, 0.5) is 11.5 Å². The number of nitrogens with one attached hydrogen (secondary N) is 1. The largest absolute Gasteiger partial charge is 0.337 e. The second kappa shape index (κ2) is 5.00. The lowest BCUT2D eigenvalue weighted by Crippen LogP contribution is -2.04. The Bertz CT molecular complexity index is 677. The van der Waals surface area contributed by atoms with Crippen molar-refractivity contribution in [3.63, 3.8) is 0 Å². The predicted molar refractivity (Wildman–Crippen MR) is 73.2 cm³/mol. The molecule has 2 aromatic heterocycles. The zero-order valence-electron chi connectivity index (χ0n) is 11.0. The third-order valence-corrected chi connectivity index (χ3v) is 3.69. The molecule has 2 rings (SSSR count). The van der Waals surface area contributed by atoms with E-state index in [2.05, 4.69) is 15.4 Å². The van der Waals surface area contributed by atoms with Crippen LogP contribution in [0.15, 0.2) is 35.6 Å². The molecule has 102 valence electrons. The minimum Gasteiger partial charge on any atom is -0.337 e. The minimum absolute atomic E-state index is 0.173. The number of pyridine rings is 1. The number of sulfone groups is 1. The maximum absolute atomic E-state index is 11.7. The van der Waals surface area contributed by atoms with E-state index in [-0.39, 0.29) is 10.9 Å². The Morgan fingerprint density at radius 1 is 1.37 bits per heavy atom. The quantitative estimate of drug-likeness (QED) is 0.927. The standard InChI is InChI=1S/C12H16N4O2S/c1-9(2)16-8-10(7-14-16)15-12-11(19(3,17)18)5-4-6-13-12/h4-9H,1-3H3,(H,13,15). The Balaban J connectivity index is 2.33. The van der Waals surface area contributed by atoms with E-state index in [1.54, 1.807) is 23.1 Å². The molecule has 0 fully saturated rings. The van der Waals surface area contributed by atoms with Crippen molar-refractivity contribution >= 4 is 21.3 Å². The molecule has 2 heterocycles. The van der Waals surface area contributed by atoms with Crippen molar-refractivity contribution in [2.75, 3.05) is 11.6 Å². The lowest BCUT2D eigenvalue weighted by molar-refractivity contribution is 0.532. The molecule has 0 aliphatic heterocycles. The van der Waals surface area contributed by atoms with E-state index in [9.17, 15) is 8.42 Å². The molecule has 6 nitrogen and oxygen atoms in total. The van der Waals surface area contributed by atoms with Gasteiger partial charge in [-0.3, -0.25) is 4.68 Å². The monoisotopic (exact) mass is 280 g/mol. The number of anilines is 2. The topological polar surface area (TPSA) is 76.9 Å². The first-order chi connectivity index (χ1) is 8.88.